The molecule has 2 aliphatic heterocycles. The van der Waals surface area contributed by atoms with E-state index in [2.05, 4.69) is 9.71 Å². The van der Waals surface area contributed by atoms with E-state index < -0.39 is 25.8 Å². The third-order valence-corrected chi connectivity index (χ3v) is 10.2. The molecule has 2 saturated carbocycles. The van der Waals surface area contributed by atoms with E-state index in [0.29, 0.717) is 5.56 Å². The zero-order chi connectivity index (χ0) is 27.0. The maximum absolute atomic E-state index is 13.9. The van der Waals surface area contributed by atoms with E-state index >= 15 is 0 Å². The van der Waals surface area contributed by atoms with Crippen molar-refractivity contribution < 1.29 is 31.1 Å². The van der Waals surface area contributed by atoms with E-state index in [9.17, 15) is 31.1 Å². The van der Waals surface area contributed by atoms with Gasteiger partial charge in [0.25, 0.3) is 15.9 Å². The highest BCUT2D eigenvalue weighted by molar-refractivity contribution is 7.90. The SMILES string of the molecule is CS(=O)(=O)Cc1ccc2c(c1)S(=O)(=O)N=C(C1=C(O)C3C([C@@H]4CC[C@H]3C4)N(Cc3ccc(F)cc3)C1=O)N2. The lowest BCUT2D eigenvalue weighted by Crippen LogP contribution is -2.53. The number of benzene rings is 2. The van der Waals surface area contributed by atoms with Crippen LogP contribution in [0.1, 0.15) is 30.4 Å². The molecule has 4 aliphatic rings. The van der Waals surface area contributed by atoms with Gasteiger partial charge in [0, 0.05) is 24.8 Å². The molecule has 2 fully saturated rings. The molecular formula is C26H26FN3O6S2. The summed E-state index contributed by atoms with van der Waals surface area (Å²) in [5.74, 6) is -1.64. The van der Waals surface area contributed by atoms with E-state index in [-0.39, 0.29) is 69.7 Å². The van der Waals surface area contributed by atoms with Gasteiger partial charge in [0.05, 0.1) is 11.4 Å². The first-order valence-corrected chi connectivity index (χ1v) is 15.8. The number of hydrogen-bond donors (Lipinski definition) is 2. The fourth-order valence-corrected chi connectivity index (χ4v) is 8.50. The zero-order valence-electron chi connectivity index (χ0n) is 20.5. The van der Waals surface area contributed by atoms with Crippen LogP contribution in [0.3, 0.4) is 0 Å². The second-order valence-corrected chi connectivity index (χ2v) is 14.3. The monoisotopic (exact) mass is 559 g/mol. The first-order chi connectivity index (χ1) is 17.9. The molecule has 1 amide bonds. The third-order valence-electron chi connectivity index (χ3n) is 8.00. The summed E-state index contributed by atoms with van der Waals surface area (Å²) in [4.78, 5) is 15.4. The molecule has 200 valence electrons. The highest BCUT2D eigenvalue weighted by Gasteiger charge is 2.57. The van der Waals surface area contributed by atoms with E-state index in [1.807, 2.05) is 0 Å². The van der Waals surface area contributed by atoms with Gasteiger partial charge in [0.1, 0.15) is 22.0 Å². The molecule has 2 bridgehead atoms. The van der Waals surface area contributed by atoms with Crippen LogP contribution in [-0.4, -0.2) is 50.9 Å². The number of sulfone groups is 1. The van der Waals surface area contributed by atoms with Gasteiger partial charge in [-0.25, -0.2) is 12.8 Å². The van der Waals surface area contributed by atoms with E-state index in [1.165, 1.54) is 30.3 Å². The molecule has 0 saturated heterocycles. The molecule has 0 spiro atoms. The molecule has 2 N–H and O–H groups in total. The van der Waals surface area contributed by atoms with Crippen LogP contribution in [-0.2, 0) is 37.0 Å². The number of nitrogens with one attached hydrogen (secondary N) is 1. The fourth-order valence-electron chi connectivity index (χ4n) is 6.54. The lowest BCUT2D eigenvalue weighted by atomic mass is 9.77. The summed E-state index contributed by atoms with van der Waals surface area (Å²) in [5.41, 5.74) is 0.967. The molecule has 2 aliphatic carbocycles. The number of anilines is 1. The van der Waals surface area contributed by atoms with Gasteiger partial charge in [0.15, 0.2) is 15.7 Å². The summed E-state index contributed by atoms with van der Waals surface area (Å²) in [6, 6.07) is 9.81. The summed E-state index contributed by atoms with van der Waals surface area (Å²) in [6.07, 6.45) is 3.77. The minimum Gasteiger partial charge on any atom is -0.511 e. The number of carbonyl (C=O) groups is 1. The number of rotatable bonds is 5. The topological polar surface area (TPSA) is 133 Å². The Labute approximate surface area is 220 Å². The van der Waals surface area contributed by atoms with Crippen molar-refractivity contribution in [1.82, 2.24) is 4.90 Å². The standard InChI is InChI=1S/C26H26FN3O6S2/c1-37(33,34)13-15-4-9-19-20(10-15)38(35,36)29-25(28-19)22-24(31)21-16-5-6-17(11-16)23(21)30(26(22)32)12-14-2-7-18(27)8-3-14/h2-4,7-10,16-17,21,23,31H,5-6,11-13H2,1H3,(H,28,29)/t16-,17+,21?,23?/m0/s1. The molecule has 2 unspecified atom stereocenters. The van der Waals surface area contributed by atoms with Gasteiger partial charge in [-0.3, -0.25) is 4.79 Å². The molecule has 2 heterocycles. The largest absolute Gasteiger partial charge is 0.511 e. The Morgan fingerprint density at radius 1 is 1.11 bits per heavy atom. The lowest BCUT2D eigenvalue weighted by Gasteiger charge is -2.44. The lowest BCUT2D eigenvalue weighted by molar-refractivity contribution is -0.134. The molecule has 6 rings (SSSR count). The number of halogens is 1. The number of aliphatic hydroxyl groups is 1. The van der Waals surface area contributed by atoms with Crippen molar-refractivity contribution in [3.05, 3.63) is 70.7 Å². The van der Waals surface area contributed by atoms with Gasteiger partial charge in [-0.2, -0.15) is 8.42 Å². The van der Waals surface area contributed by atoms with Gasteiger partial charge < -0.3 is 15.3 Å². The predicted molar refractivity (Wildman–Crippen MR) is 138 cm³/mol. The number of hydrogen-bond acceptors (Lipinski definition) is 7. The van der Waals surface area contributed by atoms with Crippen molar-refractivity contribution in [2.24, 2.45) is 22.2 Å². The van der Waals surface area contributed by atoms with Crippen molar-refractivity contribution in [1.29, 1.82) is 0 Å². The summed E-state index contributed by atoms with van der Waals surface area (Å²) in [5, 5.41) is 14.3. The van der Waals surface area contributed by atoms with Crippen LogP contribution in [0, 0.1) is 23.6 Å². The van der Waals surface area contributed by atoms with Gasteiger partial charge >= 0.3 is 0 Å². The average molecular weight is 560 g/mol. The minimum atomic E-state index is -4.31. The number of aliphatic hydroxyl groups excluding tert-OH is 1. The number of nitrogens with zero attached hydrogens (tertiary/aromatic N) is 2. The number of fused-ring (bicyclic) bond motifs is 6. The Bertz CT molecular complexity index is 1630. The highest BCUT2D eigenvalue weighted by atomic mass is 32.2. The van der Waals surface area contributed by atoms with Crippen LogP contribution in [0.25, 0.3) is 0 Å². The summed E-state index contributed by atoms with van der Waals surface area (Å²) < 4.78 is 67.1. The van der Waals surface area contributed by atoms with E-state index in [0.717, 1.165) is 31.1 Å². The summed E-state index contributed by atoms with van der Waals surface area (Å²) in [6.45, 7) is 0.186. The van der Waals surface area contributed by atoms with Crippen molar-refractivity contribution in [2.75, 3.05) is 11.6 Å². The maximum atomic E-state index is 13.9. The molecule has 4 atom stereocenters. The maximum Gasteiger partial charge on any atom is 0.286 e. The Morgan fingerprint density at radius 3 is 2.50 bits per heavy atom. The number of carbonyl (C=O) groups excluding carboxylic acids is 1. The fraction of sp³-hybridized carbons (Fsp3) is 0.385. The molecule has 0 aromatic heterocycles. The van der Waals surface area contributed by atoms with Crippen molar-refractivity contribution in [2.45, 2.75) is 42.5 Å². The Hall–Kier alpha value is -3.25. The molecule has 2 aromatic rings. The van der Waals surface area contributed by atoms with Gasteiger partial charge in [-0.05, 0) is 66.5 Å². The van der Waals surface area contributed by atoms with Crippen LogP contribution < -0.4 is 5.32 Å². The quantitative estimate of drug-likeness (QED) is 0.575. The Morgan fingerprint density at radius 2 is 1.79 bits per heavy atom. The number of amidine groups is 1. The predicted octanol–water partition coefficient (Wildman–Crippen LogP) is 3.15. The van der Waals surface area contributed by atoms with E-state index in [1.54, 1.807) is 17.0 Å². The first kappa shape index (κ1) is 25.1. The van der Waals surface area contributed by atoms with Gasteiger partial charge in [0.2, 0.25) is 0 Å². The van der Waals surface area contributed by atoms with Crippen LogP contribution >= 0.6 is 0 Å². The van der Waals surface area contributed by atoms with Crippen LogP contribution in [0.2, 0.25) is 0 Å². The minimum absolute atomic E-state index is 0.139. The van der Waals surface area contributed by atoms with Gasteiger partial charge in [-0.1, -0.05) is 18.2 Å². The van der Waals surface area contributed by atoms with Crippen LogP contribution in [0.4, 0.5) is 10.1 Å². The van der Waals surface area contributed by atoms with Crippen molar-refractivity contribution in [3.8, 4) is 0 Å². The average Bonchev–Trinajstić information content (AvgIpc) is 3.45. The highest BCUT2D eigenvalue weighted by Crippen LogP contribution is 2.55. The van der Waals surface area contributed by atoms with E-state index in [4.69, 9.17) is 0 Å². The van der Waals surface area contributed by atoms with Crippen LogP contribution in [0.15, 0.2) is 63.1 Å². The van der Waals surface area contributed by atoms with Crippen molar-refractivity contribution >= 4 is 37.3 Å². The van der Waals surface area contributed by atoms with Crippen LogP contribution in [0.5, 0.6) is 0 Å². The summed E-state index contributed by atoms with van der Waals surface area (Å²) >= 11 is 0. The molecule has 2 aromatic carbocycles. The second-order valence-electron chi connectivity index (χ2n) is 10.6. The molecular weight excluding hydrogens is 533 g/mol. The smallest absolute Gasteiger partial charge is 0.286 e. The Balaban J connectivity index is 1.41. The molecule has 12 heteroatoms. The van der Waals surface area contributed by atoms with Crippen molar-refractivity contribution in [3.63, 3.8) is 0 Å². The molecule has 0 radical (unpaired) electrons. The zero-order valence-corrected chi connectivity index (χ0v) is 22.1. The molecule has 38 heavy (non-hydrogen) atoms. The first-order valence-electron chi connectivity index (χ1n) is 12.3. The third kappa shape index (κ3) is 4.19. The molecule has 9 nitrogen and oxygen atoms in total. The normalized spacial score (nSPS) is 27.6. The second kappa shape index (κ2) is 8.63. The number of amides is 1. The summed E-state index contributed by atoms with van der Waals surface area (Å²) in [7, 11) is -7.70. The van der Waals surface area contributed by atoms with Gasteiger partial charge in [-0.15, -0.1) is 4.40 Å². The Kier molecular flexibility index (Phi) is 5.69. The number of sulfonamides is 1.